The largest absolute Gasteiger partial charge is 0.479 e. The maximum atomic E-state index is 12.4. The molecule has 1 unspecified atom stereocenters. The van der Waals surface area contributed by atoms with Gasteiger partial charge in [0.15, 0.2) is 6.10 Å². The van der Waals surface area contributed by atoms with Crippen LogP contribution >= 0.6 is 0 Å². The zero-order valence-electron chi connectivity index (χ0n) is 18.2. The Morgan fingerprint density at radius 3 is 2.12 bits per heavy atom. The fourth-order valence-electron chi connectivity index (χ4n) is 4.45. The molecule has 0 aromatic heterocycles. The standard InChI is InChI=1S/C25H28N2O6/c28-22(24(30)31)13-26-23(29)11-16(15-9-10-15)12-27-25(32)33-14-21-19-7-3-1-5-17(19)18-6-2-4-8-20(18)21/h1-8,15-16,21-22,28H,9-14H2,(H,26,29)(H,27,32)(H,30,31)/t16?,22-/m0/s1. The van der Waals surface area contributed by atoms with E-state index in [0.717, 1.165) is 35.1 Å². The summed E-state index contributed by atoms with van der Waals surface area (Å²) in [6, 6.07) is 16.2. The Labute approximate surface area is 192 Å². The van der Waals surface area contributed by atoms with E-state index in [1.807, 2.05) is 24.3 Å². The molecule has 2 aliphatic rings. The molecule has 0 radical (unpaired) electrons. The highest BCUT2D eigenvalue weighted by atomic mass is 16.5. The molecule has 174 valence electrons. The molecule has 8 nitrogen and oxygen atoms in total. The average Bonchev–Trinajstić information content (AvgIpc) is 3.61. The van der Waals surface area contributed by atoms with Crippen LogP contribution in [0.5, 0.6) is 0 Å². The normalized spacial score (nSPS) is 16.3. The van der Waals surface area contributed by atoms with Gasteiger partial charge in [-0.15, -0.1) is 0 Å². The van der Waals surface area contributed by atoms with E-state index < -0.39 is 18.2 Å². The molecule has 2 aromatic carbocycles. The predicted octanol–water partition coefficient (Wildman–Crippen LogP) is 2.50. The van der Waals surface area contributed by atoms with Crippen LogP contribution < -0.4 is 10.6 Å². The van der Waals surface area contributed by atoms with Gasteiger partial charge >= 0.3 is 12.1 Å². The maximum Gasteiger partial charge on any atom is 0.407 e. The van der Waals surface area contributed by atoms with Crippen molar-refractivity contribution in [1.82, 2.24) is 10.6 Å². The minimum Gasteiger partial charge on any atom is -0.479 e. The number of carboxylic acids is 1. The lowest BCUT2D eigenvalue weighted by molar-refractivity contribution is -0.146. The van der Waals surface area contributed by atoms with Crippen LogP contribution in [-0.4, -0.2) is 54.0 Å². The summed E-state index contributed by atoms with van der Waals surface area (Å²) >= 11 is 0. The number of amides is 2. The Morgan fingerprint density at radius 2 is 1.55 bits per heavy atom. The molecule has 0 bridgehead atoms. The van der Waals surface area contributed by atoms with Crippen LogP contribution in [0.2, 0.25) is 0 Å². The Kier molecular flexibility index (Phi) is 6.93. The van der Waals surface area contributed by atoms with Crippen molar-refractivity contribution in [2.75, 3.05) is 19.7 Å². The SMILES string of the molecule is O=C(CC(CNC(=O)OCC1c2ccccc2-c2ccccc21)C1CC1)NC[C@H](O)C(=O)O. The number of carbonyl (C=O) groups is 3. The summed E-state index contributed by atoms with van der Waals surface area (Å²) in [7, 11) is 0. The van der Waals surface area contributed by atoms with Crippen molar-refractivity contribution >= 4 is 18.0 Å². The second-order valence-corrected chi connectivity index (χ2v) is 8.67. The van der Waals surface area contributed by atoms with E-state index in [1.165, 1.54) is 0 Å². The number of aliphatic hydroxyl groups is 1. The lowest BCUT2D eigenvalue weighted by Gasteiger charge is -2.18. The number of carbonyl (C=O) groups excluding carboxylic acids is 2. The van der Waals surface area contributed by atoms with Gasteiger partial charge in [0.2, 0.25) is 5.91 Å². The first-order valence-electron chi connectivity index (χ1n) is 11.2. The number of benzene rings is 2. The first-order chi connectivity index (χ1) is 15.9. The highest BCUT2D eigenvalue weighted by Crippen LogP contribution is 2.44. The van der Waals surface area contributed by atoms with Crippen molar-refractivity contribution in [2.45, 2.75) is 31.3 Å². The van der Waals surface area contributed by atoms with Crippen molar-refractivity contribution in [3.63, 3.8) is 0 Å². The van der Waals surface area contributed by atoms with Crippen LogP contribution in [0.1, 0.15) is 36.3 Å². The number of ether oxygens (including phenoxy) is 1. The zero-order chi connectivity index (χ0) is 23.4. The van der Waals surface area contributed by atoms with Crippen LogP contribution in [-0.2, 0) is 14.3 Å². The van der Waals surface area contributed by atoms with Crippen LogP contribution in [0.4, 0.5) is 4.79 Å². The fraction of sp³-hybridized carbons (Fsp3) is 0.400. The summed E-state index contributed by atoms with van der Waals surface area (Å²) in [5.74, 6) is -1.47. The third-order valence-corrected chi connectivity index (χ3v) is 6.37. The van der Waals surface area contributed by atoms with E-state index >= 15 is 0 Å². The maximum absolute atomic E-state index is 12.4. The van der Waals surface area contributed by atoms with Crippen molar-refractivity contribution < 1.29 is 29.3 Å². The van der Waals surface area contributed by atoms with Crippen LogP contribution in [0.15, 0.2) is 48.5 Å². The number of hydrogen-bond donors (Lipinski definition) is 4. The van der Waals surface area contributed by atoms with Gasteiger partial charge in [-0.2, -0.15) is 0 Å². The van der Waals surface area contributed by atoms with Gasteiger partial charge < -0.3 is 25.6 Å². The van der Waals surface area contributed by atoms with E-state index in [4.69, 9.17) is 9.84 Å². The minimum absolute atomic E-state index is 0.0196. The number of hydrogen-bond acceptors (Lipinski definition) is 5. The molecule has 2 aliphatic carbocycles. The number of alkyl carbamates (subject to hydrolysis) is 1. The first-order valence-corrected chi connectivity index (χ1v) is 11.2. The van der Waals surface area contributed by atoms with Gasteiger partial charge in [0, 0.05) is 18.9 Å². The lowest BCUT2D eigenvalue weighted by Crippen LogP contribution is -2.39. The molecular formula is C25H28N2O6. The van der Waals surface area contributed by atoms with E-state index in [1.54, 1.807) is 0 Å². The molecule has 0 spiro atoms. The molecule has 4 rings (SSSR count). The van der Waals surface area contributed by atoms with Crippen LogP contribution in [0.3, 0.4) is 0 Å². The molecule has 0 heterocycles. The molecule has 8 heteroatoms. The Hall–Kier alpha value is -3.39. The molecule has 0 saturated heterocycles. The molecular weight excluding hydrogens is 424 g/mol. The van der Waals surface area contributed by atoms with E-state index in [2.05, 4.69) is 34.9 Å². The third-order valence-electron chi connectivity index (χ3n) is 6.37. The number of aliphatic hydroxyl groups excluding tert-OH is 1. The second kappa shape index (κ2) is 10.0. The highest BCUT2D eigenvalue weighted by molar-refractivity contribution is 5.79. The number of rotatable bonds is 10. The molecule has 1 saturated carbocycles. The predicted molar refractivity (Wildman–Crippen MR) is 121 cm³/mol. The van der Waals surface area contributed by atoms with Crippen molar-refractivity contribution in [2.24, 2.45) is 11.8 Å². The summed E-state index contributed by atoms with van der Waals surface area (Å²) in [6.07, 6.45) is -0.0263. The highest BCUT2D eigenvalue weighted by Gasteiger charge is 2.33. The number of nitrogens with one attached hydrogen (secondary N) is 2. The monoisotopic (exact) mass is 452 g/mol. The lowest BCUT2D eigenvalue weighted by atomic mass is 9.98. The van der Waals surface area contributed by atoms with Gasteiger partial charge in [-0.05, 0) is 46.9 Å². The van der Waals surface area contributed by atoms with Gasteiger partial charge in [0.25, 0.3) is 0 Å². The Balaban J connectivity index is 1.27. The topological polar surface area (TPSA) is 125 Å². The Morgan fingerprint density at radius 1 is 0.939 bits per heavy atom. The molecule has 1 fully saturated rings. The van der Waals surface area contributed by atoms with Crippen LogP contribution in [0, 0.1) is 11.8 Å². The van der Waals surface area contributed by atoms with Gasteiger partial charge in [0.1, 0.15) is 6.61 Å². The van der Waals surface area contributed by atoms with Crippen molar-refractivity contribution in [3.8, 4) is 11.1 Å². The molecule has 0 aliphatic heterocycles. The molecule has 2 aromatic rings. The average molecular weight is 453 g/mol. The van der Waals surface area contributed by atoms with E-state index in [0.29, 0.717) is 12.5 Å². The molecule has 2 amide bonds. The zero-order valence-corrected chi connectivity index (χ0v) is 18.2. The number of aliphatic carboxylic acids is 1. The van der Waals surface area contributed by atoms with Gasteiger partial charge in [-0.1, -0.05) is 48.5 Å². The Bertz CT molecular complexity index is 990. The minimum atomic E-state index is -1.63. The summed E-state index contributed by atoms with van der Waals surface area (Å²) in [5, 5.41) is 23.2. The molecule has 2 atom stereocenters. The van der Waals surface area contributed by atoms with Crippen LogP contribution in [0.25, 0.3) is 11.1 Å². The van der Waals surface area contributed by atoms with E-state index in [-0.39, 0.29) is 37.3 Å². The molecule has 4 N–H and O–H groups in total. The summed E-state index contributed by atoms with van der Waals surface area (Å²) in [5.41, 5.74) is 4.61. The fourth-order valence-corrected chi connectivity index (χ4v) is 4.45. The second-order valence-electron chi connectivity index (χ2n) is 8.67. The number of carboxylic acid groups (broad SMARTS) is 1. The van der Waals surface area contributed by atoms with Gasteiger partial charge in [0.05, 0.1) is 6.54 Å². The molecule has 33 heavy (non-hydrogen) atoms. The number of fused-ring (bicyclic) bond motifs is 3. The van der Waals surface area contributed by atoms with Gasteiger partial charge in [-0.3, -0.25) is 4.79 Å². The summed E-state index contributed by atoms with van der Waals surface area (Å²) in [6.45, 7) is 0.184. The van der Waals surface area contributed by atoms with Gasteiger partial charge in [-0.25, -0.2) is 9.59 Å². The first kappa shape index (κ1) is 22.8. The van der Waals surface area contributed by atoms with Crippen molar-refractivity contribution in [1.29, 1.82) is 0 Å². The summed E-state index contributed by atoms with van der Waals surface area (Å²) < 4.78 is 5.55. The third kappa shape index (κ3) is 5.51. The summed E-state index contributed by atoms with van der Waals surface area (Å²) in [4.78, 5) is 35.2. The van der Waals surface area contributed by atoms with Crippen molar-refractivity contribution in [3.05, 3.63) is 59.7 Å². The smallest absolute Gasteiger partial charge is 0.407 e. The quantitative estimate of drug-likeness (QED) is 0.439. The van der Waals surface area contributed by atoms with E-state index in [9.17, 15) is 19.5 Å².